The highest BCUT2D eigenvalue weighted by atomic mass is 32.2. The number of rotatable bonds is 5. The zero-order chi connectivity index (χ0) is 12.0. The van der Waals surface area contributed by atoms with Crippen LogP contribution in [0.3, 0.4) is 0 Å². The summed E-state index contributed by atoms with van der Waals surface area (Å²) in [5.74, 6) is 1.45. The van der Waals surface area contributed by atoms with Gasteiger partial charge in [-0.25, -0.2) is 0 Å². The SMILES string of the molecule is COC(=O)C(C)SCc1ccc(OC)cc1. The number of esters is 1. The zero-order valence-electron chi connectivity index (χ0n) is 9.73. The summed E-state index contributed by atoms with van der Waals surface area (Å²) in [6.45, 7) is 1.85. The summed E-state index contributed by atoms with van der Waals surface area (Å²) in [6.07, 6.45) is 0. The first-order valence-corrected chi connectivity index (χ1v) is 6.04. The van der Waals surface area contributed by atoms with Crippen LogP contribution in [0.2, 0.25) is 0 Å². The van der Waals surface area contributed by atoms with E-state index in [0.717, 1.165) is 11.5 Å². The summed E-state index contributed by atoms with van der Waals surface area (Å²) in [7, 11) is 3.05. The molecular formula is C12H16O3S. The Balaban J connectivity index is 2.45. The predicted molar refractivity (Wildman–Crippen MR) is 65.8 cm³/mol. The van der Waals surface area contributed by atoms with Crippen molar-refractivity contribution in [1.82, 2.24) is 0 Å². The van der Waals surface area contributed by atoms with Crippen molar-refractivity contribution in [3.8, 4) is 5.75 Å². The molecule has 1 rings (SSSR count). The molecule has 1 aromatic carbocycles. The van der Waals surface area contributed by atoms with Crippen molar-refractivity contribution >= 4 is 17.7 Å². The molecule has 0 aromatic heterocycles. The van der Waals surface area contributed by atoms with E-state index in [2.05, 4.69) is 4.74 Å². The van der Waals surface area contributed by atoms with Gasteiger partial charge in [-0.2, -0.15) is 0 Å². The van der Waals surface area contributed by atoms with Gasteiger partial charge in [0.15, 0.2) is 0 Å². The lowest BCUT2D eigenvalue weighted by Crippen LogP contribution is -2.14. The van der Waals surface area contributed by atoms with Gasteiger partial charge in [0.2, 0.25) is 0 Å². The first kappa shape index (κ1) is 12.9. The fourth-order valence-corrected chi connectivity index (χ4v) is 2.04. The van der Waals surface area contributed by atoms with Crippen LogP contribution in [-0.4, -0.2) is 25.4 Å². The van der Waals surface area contributed by atoms with E-state index in [0.29, 0.717) is 0 Å². The number of ether oxygens (including phenoxy) is 2. The molecule has 0 heterocycles. The van der Waals surface area contributed by atoms with Crippen LogP contribution in [0.4, 0.5) is 0 Å². The normalized spacial score (nSPS) is 11.9. The lowest BCUT2D eigenvalue weighted by atomic mass is 10.2. The first-order valence-electron chi connectivity index (χ1n) is 4.99. The minimum atomic E-state index is -0.182. The Hall–Kier alpha value is -1.16. The van der Waals surface area contributed by atoms with Gasteiger partial charge < -0.3 is 9.47 Å². The van der Waals surface area contributed by atoms with Crippen molar-refractivity contribution in [2.75, 3.05) is 14.2 Å². The average molecular weight is 240 g/mol. The molecule has 88 valence electrons. The van der Waals surface area contributed by atoms with Crippen molar-refractivity contribution < 1.29 is 14.3 Å². The van der Waals surface area contributed by atoms with Gasteiger partial charge in [-0.3, -0.25) is 4.79 Å². The van der Waals surface area contributed by atoms with Crippen molar-refractivity contribution in [3.05, 3.63) is 29.8 Å². The number of carbonyl (C=O) groups excluding carboxylic acids is 1. The largest absolute Gasteiger partial charge is 0.497 e. The van der Waals surface area contributed by atoms with E-state index in [1.54, 1.807) is 18.9 Å². The standard InChI is InChI=1S/C12H16O3S/c1-9(12(13)15-3)16-8-10-4-6-11(14-2)7-5-10/h4-7,9H,8H2,1-3H3. The molecule has 0 fully saturated rings. The second kappa shape index (κ2) is 6.43. The topological polar surface area (TPSA) is 35.5 Å². The molecule has 0 radical (unpaired) electrons. The average Bonchev–Trinajstić information content (AvgIpc) is 2.35. The fraction of sp³-hybridized carbons (Fsp3) is 0.417. The molecule has 4 heteroatoms. The molecule has 16 heavy (non-hydrogen) atoms. The van der Waals surface area contributed by atoms with Crippen molar-refractivity contribution in [3.63, 3.8) is 0 Å². The Morgan fingerprint density at radius 1 is 1.31 bits per heavy atom. The van der Waals surface area contributed by atoms with Crippen LogP contribution in [0.5, 0.6) is 5.75 Å². The molecule has 0 N–H and O–H groups in total. The van der Waals surface area contributed by atoms with Gasteiger partial charge in [0.05, 0.1) is 19.5 Å². The number of carbonyl (C=O) groups is 1. The van der Waals surface area contributed by atoms with Gasteiger partial charge in [0, 0.05) is 5.75 Å². The molecule has 0 saturated heterocycles. The summed E-state index contributed by atoms with van der Waals surface area (Å²) >= 11 is 1.56. The maximum Gasteiger partial charge on any atom is 0.318 e. The van der Waals surface area contributed by atoms with Crippen molar-refractivity contribution in [2.45, 2.75) is 17.9 Å². The number of hydrogen-bond acceptors (Lipinski definition) is 4. The smallest absolute Gasteiger partial charge is 0.318 e. The zero-order valence-corrected chi connectivity index (χ0v) is 10.5. The summed E-state index contributed by atoms with van der Waals surface area (Å²) in [6, 6.07) is 7.82. The lowest BCUT2D eigenvalue weighted by molar-refractivity contribution is -0.139. The van der Waals surface area contributed by atoms with Gasteiger partial charge >= 0.3 is 5.97 Å². The second-order valence-corrected chi connectivity index (χ2v) is 4.65. The second-order valence-electron chi connectivity index (χ2n) is 3.32. The van der Waals surface area contributed by atoms with E-state index in [1.165, 1.54) is 12.7 Å². The third-order valence-corrected chi connectivity index (χ3v) is 3.38. The van der Waals surface area contributed by atoms with E-state index >= 15 is 0 Å². The Bertz CT molecular complexity index is 335. The highest BCUT2D eigenvalue weighted by Gasteiger charge is 2.12. The van der Waals surface area contributed by atoms with E-state index < -0.39 is 0 Å². The molecule has 0 amide bonds. The van der Waals surface area contributed by atoms with Gasteiger partial charge in [-0.1, -0.05) is 12.1 Å². The molecule has 1 unspecified atom stereocenters. The summed E-state index contributed by atoms with van der Waals surface area (Å²) < 4.78 is 9.73. The van der Waals surface area contributed by atoms with Crippen molar-refractivity contribution in [2.24, 2.45) is 0 Å². The third-order valence-electron chi connectivity index (χ3n) is 2.19. The Labute approximate surface area is 100 Å². The molecular weight excluding hydrogens is 224 g/mol. The minimum absolute atomic E-state index is 0.132. The maximum absolute atomic E-state index is 11.2. The maximum atomic E-state index is 11.2. The number of thioether (sulfide) groups is 1. The van der Waals surface area contributed by atoms with E-state index in [9.17, 15) is 4.79 Å². The highest BCUT2D eigenvalue weighted by Crippen LogP contribution is 2.20. The molecule has 0 bridgehead atoms. The summed E-state index contributed by atoms with van der Waals surface area (Å²) in [5.41, 5.74) is 1.17. The Morgan fingerprint density at radius 3 is 2.44 bits per heavy atom. The Morgan fingerprint density at radius 2 is 1.94 bits per heavy atom. The molecule has 0 aliphatic heterocycles. The predicted octanol–water partition coefficient (Wildman–Crippen LogP) is 2.49. The van der Waals surface area contributed by atoms with Crippen LogP contribution in [0.25, 0.3) is 0 Å². The van der Waals surface area contributed by atoms with Crippen molar-refractivity contribution in [1.29, 1.82) is 0 Å². The van der Waals surface area contributed by atoms with Crippen LogP contribution in [-0.2, 0) is 15.3 Å². The fourth-order valence-electron chi connectivity index (χ4n) is 1.18. The summed E-state index contributed by atoms with van der Waals surface area (Å²) in [4.78, 5) is 11.2. The number of benzene rings is 1. The Kier molecular flexibility index (Phi) is 5.19. The number of methoxy groups -OCH3 is 2. The first-order chi connectivity index (χ1) is 7.67. The molecule has 0 aliphatic carbocycles. The van der Waals surface area contributed by atoms with Gasteiger partial charge in [0.25, 0.3) is 0 Å². The van der Waals surface area contributed by atoms with Gasteiger partial charge in [0.1, 0.15) is 5.75 Å². The van der Waals surface area contributed by atoms with E-state index in [-0.39, 0.29) is 11.2 Å². The molecule has 0 spiro atoms. The van der Waals surface area contributed by atoms with Gasteiger partial charge in [-0.05, 0) is 24.6 Å². The molecule has 0 saturated carbocycles. The molecule has 1 atom stereocenters. The highest BCUT2D eigenvalue weighted by molar-refractivity contribution is 7.99. The minimum Gasteiger partial charge on any atom is -0.497 e. The van der Waals surface area contributed by atoms with Crippen LogP contribution < -0.4 is 4.74 Å². The number of hydrogen-bond donors (Lipinski definition) is 0. The molecule has 3 nitrogen and oxygen atoms in total. The molecule has 1 aromatic rings. The van der Waals surface area contributed by atoms with Crippen LogP contribution in [0.15, 0.2) is 24.3 Å². The van der Waals surface area contributed by atoms with E-state index in [4.69, 9.17) is 4.74 Å². The molecule has 0 aliphatic rings. The van der Waals surface area contributed by atoms with Crippen LogP contribution in [0.1, 0.15) is 12.5 Å². The quantitative estimate of drug-likeness (QED) is 0.741. The summed E-state index contributed by atoms with van der Waals surface area (Å²) in [5, 5.41) is -0.132. The van der Waals surface area contributed by atoms with E-state index in [1.807, 2.05) is 31.2 Å². The third kappa shape index (κ3) is 3.77. The van der Waals surface area contributed by atoms with Crippen LogP contribution in [0, 0.1) is 0 Å². The van der Waals surface area contributed by atoms with Crippen LogP contribution >= 0.6 is 11.8 Å². The van der Waals surface area contributed by atoms with Gasteiger partial charge in [-0.15, -0.1) is 11.8 Å². The lowest BCUT2D eigenvalue weighted by Gasteiger charge is -2.08. The monoisotopic (exact) mass is 240 g/mol.